The maximum atomic E-state index is 11.9. The molecule has 0 spiro atoms. The third-order valence-corrected chi connectivity index (χ3v) is 5.60. The Morgan fingerprint density at radius 2 is 1.45 bits per heavy atom. The van der Waals surface area contributed by atoms with E-state index in [2.05, 4.69) is 12.2 Å². The van der Waals surface area contributed by atoms with E-state index in [1.54, 1.807) is 13.8 Å². The molecule has 0 radical (unpaired) electrons. The van der Waals surface area contributed by atoms with Crippen LogP contribution in [0.2, 0.25) is 0 Å². The Kier molecular flexibility index (Phi) is 16.8. The minimum absolute atomic E-state index is 0.0739. The largest absolute Gasteiger partial charge is 0.431 e. The van der Waals surface area contributed by atoms with Gasteiger partial charge in [-0.15, -0.1) is 0 Å². The molecule has 0 saturated carbocycles. The van der Waals surface area contributed by atoms with Crippen molar-refractivity contribution in [2.45, 2.75) is 137 Å². The van der Waals surface area contributed by atoms with E-state index in [-0.39, 0.29) is 35.2 Å². The molecule has 0 aliphatic rings. The highest BCUT2D eigenvalue weighted by Crippen LogP contribution is 2.20. The Morgan fingerprint density at radius 3 is 2.06 bits per heavy atom. The van der Waals surface area contributed by atoms with Crippen LogP contribution in [0, 0.1) is 5.92 Å². The Morgan fingerprint density at radius 1 is 0.879 bits per heavy atom. The van der Waals surface area contributed by atoms with Crippen LogP contribution in [-0.2, 0) is 19.1 Å². The van der Waals surface area contributed by atoms with Crippen molar-refractivity contribution < 1.29 is 24.2 Å². The number of aliphatic hydroxyl groups is 1. The number of ketones is 1. The Balaban J connectivity index is 4.01. The van der Waals surface area contributed by atoms with Gasteiger partial charge in [-0.3, -0.25) is 14.4 Å². The molecule has 0 aliphatic carbocycles. The topological polar surface area (TPSA) is 92.7 Å². The van der Waals surface area contributed by atoms with Gasteiger partial charge in [0.25, 0.3) is 0 Å². The number of amides is 1. The number of unbranched alkanes of at least 4 members (excludes halogenated alkanes) is 5. The molecule has 2 N–H and O–H groups in total. The van der Waals surface area contributed by atoms with E-state index in [4.69, 9.17) is 4.74 Å². The van der Waals surface area contributed by atoms with Gasteiger partial charge < -0.3 is 15.2 Å². The van der Waals surface area contributed by atoms with Gasteiger partial charge >= 0.3 is 5.97 Å². The first kappa shape index (κ1) is 31.3. The molecule has 6 heteroatoms. The minimum atomic E-state index is -0.339. The fraction of sp³-hybridized carbons (Fsp3) is 0.815. The van der Waals surface area contributed by atoms with E-state index < -0.39 is 0 Å². The van der Waals surface area contributed by atoms with Crippen molar-refractivity contribution in [1.29, 1.82) is 0 Å². The second kappa shape index (κ2) is 17.7. The number of nitrogens with one attached hydrogen (secondary N) is 1. The minimum Gasteiger partial charge on any atom is -0.431 e. The maximum absolute atomic E-state index is 11.9. The highest BCUT2D eigenvalue weighted by Gasteiger charge is 2.15. The van der Waals surface area contributed by atoms with Crippen molar-refractivity contribution in [3.05, 3.63) is 11.8 Å². The second-order valence-corrected chi connectivity index (χ2v) is 10.3. The number of carbonyl (C=O) groups is 3. The first-order valence-electron chi connectivity index (χ1n) is 12.8. The first-order valence-corrected chi connectivity index (χ1v) is 12.8. The first-order chi connectivity index (χ1) is 15.4. The summed E-state index contributed by atoms with van der Waals surface area (Å²) < 4.78 is 5.20. The molecular weight excluding hydrogens is 418 g/mol. The van der Waals surface area contributed by atoms with Crippen LogP contribution >= 0.6 is 0 Å². The van der Waals surface area contributed by atoms with Gasteiger partial charge in [0.1, 0.15) is 11.5 Å². The van der Waals surface area contributed by atoms with Crippen LogP contribution in [0.5, 0.6) is 0 Å². The number of hydrogen-bond donors (Lipinski definition) is 2. The standard InChI is InChI=1S/C27H49NO5/c1-7-8-11-17-24(30)18-14-16-23(22(3)29)15-12-9-10-13-19-26(32)33-21(2)20-25(31)28-27(4,5)6/h20,23-24,30H,7-19H2,1-6H3,(H,28,31). The van der Waals surface area contributed by atoms with Gasteiger partial charge in [-0.1, -0.05) is 51.9 Å². The SMILES string of the molecule is CCCCCC(O)CCCC(CCCCCCC(=O)OC(C)=CC(=O)NC(C)(C)C)C(C)=O. The fourth-order valence-corrected chi connectivity index (χ4v) is 3.79. The zero-order valence-corrected chi connectivity index (χ0v) is 22.0. The molecule has 0 aromatic heterocycles. The highest BCUT2D eigenvalue weighted by atomic mass is 16.5. The van der Waals surface area contributed by atoms with Crippen LogP contribution in [-0.4, -0.2) is 34.4 Å². The molecule has 6 nitrogen and oxygen atoms in total. The van der Waals surface area contributed by atoms with E-state index in [1.165, 1.54) is 6.08 Å². The van der Waals surface area contributed by atoms with Gasteiger partial charge in [0.2, 0.25) is 5.91 Å². The zero-order chi connectivity index (χ0) is 25.3. The summed E-state index contributed by atoms with van der Waals surface area (Å²) in [5.41, 5.74) is -0.339. The predicted octanol–water partition coefficient (Wildman–Crippen LogP) is 6.01. The van der Waals surface area contributed by atoms with Gasteiger partial charge in [-0.25, -0.2) is 0 Å². The predicted molar refractivity (Wildman–Crippen MR) is 134 cm³/mol. The lowest BCUT2D eigenvalue weighted by atomic mass is 9.91. The fourth-order valence-electron chi connectivity index (χ4n) is 3.79. The molecule has 0 aliphatic heterocycles. The number of allylic oxidation sites excluding steroid dienone is 1. The quantitative estimate of drug-likeness (QED) is 0.111. The summed E-state index contributed by atoms with van der Waals surface area (Å²) in [6.45, 7) is 11.1. The van der Waals surface area contributed by atoms with E-state index in [0.717, 1.165) is 77.0 Å². The molecule has 0 bridgehead atoms. The second-order valence-electron chi connectivity index (χ2n) is 10.3. The summed E-state index contributed by atoms with van der Waals surface area (Å²) in [6.07, 6.45) is 12.6. The van der Waals surface area contributed by atoms with Gasteiger partial charge in [0, 0.05) is 24.0 Å². The normalized spacial score (nSPS) is 14.0. The van der Waals surface area contributed by atoms with Gasteiger partial charge in [0.15, 0.2) is 0 Å². The number of carbonyl (C=O) groups excluding carboxylic acids is 3. The Labute approximate surface area is 201 Å². The molecule has 0 rings (SSSR count). The number of esters is 1. The summed E-state index contributed by atoms with van der Waals surface area (Å²) in [6, 6.07) is 0. The van der Waals surface area contributed by atoms with Crippen molar-refractivity contribution in [2.24, 2.45) is 5.92 Å². The molecule has 0 aromatic rings. The van der Waals surface area contributed by atoms with Crippen molar-refractivity contribution in [1.82, 2.24) is 5.32 Å². The molecule has 0 saturated heterocycles. The number of hydrogen-bond acceptors (Lipinski definition) is 5. The van der Waals surface area contributed by atoms with Crippen LogP contribution < -0.4 is 5.32 Å². The lowest BCUT2D eigenvalue weighted by Crippen LogP contribution is -2.39. The molecule has 192 valence electrons. The number of aliphatic hydroxyl groups excluding tert-OH is 1. The Hall–Kier alpha value is -1.69. The smallest absolute Gasteiger partial charge is 0.310 e. The molecule has 2 unspecified atom stereocenters. The van der Waals surface area contributed by atoms with Crippen molar-refractivity contribution in [3.63, 3.8) is 0 Å². The van der Waals surface area contributed by atoms with E-state index >= 15 is 0 Å². The molecule has 0 fully saturated rings. The summed E-state index contributed by atoms with van der Waals surface area (Å²) >= 11 is 0. The molecule has 2 atom stereocenters. The molecule has 33 heavy (non-hydrogen) atoms. The lowest BCUT2D eigenvalue weighted by molar-refractivity contribution is -0.139. The van der Waals surface area contributed by atoms with Crippen LogP contribution in [0.25, 0.3) is 0 Å². The summed E-state index contributed by atoms with van der Waals surface area (Å²) in [7, 11) is 0. The number of ether oxygens (including phenoxy) is 1. The Bertz CT molecular complexity index is 606. The monoisotopic (exact) mass is 467 g/mol. The van der Waals surface area contributed by atoms with Crippen LogP contribution in [0.3, 0.4) is 0 Å². The average molecular weight is 468 g/mol. The van der Waals surface area contributed by atoms with E-state index in [0.29, 0.717) is 12.2 Å². The van der Waals surface area contributed by atoms with Gasteiger partial charge in [-0.2, -0.15) is 0 Å². The van der Waals surface area contributed by atoms with Crippen LogP contribution in [0.15, 0.2) is 11.8 Å². The maximum Gasteiger partial charge on any atom is 0.310 e. The van der Waals surface area contributed by atoms with Crippen molar-refractivity contribution in [2.75, 3.05) is 0 Å². The van der Waals surface area contributed by atoms with Crippen LogP contribution in [0.4, 0.5) is 0 Å². The van der Waals surface area contributed by atoms with Gasteiger partial charge in [-0.05, 0) is 66.7 Å². The summed E-state index contributed by atoms with van der Waals surface area (Å²) in [4.78, 5) is 35.7. The summed E-state index contributed by atoms with van der Waals surface area (Å²) in [5.74, 6) is -0.00609. The third kappa shape index (κ3) is 19.5. The van der Waals surface area contributed by atoms with Crippen LogP contribution in [0.1, 0.15) is 125 Å². The molecular formula is C27H49NO5. The lowest BCUT2D eigenvalue weighted by Gasteiger charge is -2.19. The zero-order valence-electron chi connectivity index (χ0n) is 22.0. The molecule has 0 aromatic carbocycles. The number of rotatable bonds is 18. The van der Waals surface area contributed by atoms with E-state index in [9.17, 15) is 19.5 Å². The molecule has 0 heterocycles. The van der Waals surface area contributed by atoms with Crippen molar-refractivity contribution in [3.8, 4) is 0 Å². The third-order valence-electron chi connectivity index (χ3n) is 5.60. The van der Waals surface area contributed by atoms with Gasteiger partial charge in [0.05, 0.1) is 6.10 Å². The molecule has 1 amide bonds. The number of Topliss-reactive ketones (excluding diaryl/α,β-unsaturated/α-hetero) is 1. The summed E-state index contributed by atoms with van der Waals surface area (Å²) in [5, 5.41) is 12.8. The van der Waals surface area contributed by atoms with Crippen molar-refractivity contribution >= 4 is 17.7 Å². The average Bonchev–Trinajstić information content (AvgIpc) is 2.67. The van der Waals surface area contributed by atoms with E-state index in [1.807, 2.05) is 20.8 Å². The highest BCUT2D eigenvalue weighted by molar-refractivity contribution is 5.88.